The van der Waals surface area contributed by atoms with Gasteiger partial charge in [0, 0.05) is 20.1 Å². The van der Waals surface area contributed by atoms with E-state index >= 15 is 0 Å². The maximum Gasteiger partial charge on any atom is 0.306 e. The molecule has 2 N–H and O–H groups in total. The Hall–Kier alpha value is -1.45. The van der Waals surface area contributed by atoms with E-state index in [9.17, 15) is 18.0 Å². The average Bonchev–Trinajstić information content (AvgIpc) is 3.06. The van der Waals surface area contributed by atoms with Crippen molar-refractivity contribution in [2.24, 2.45) is 5.92 Å². The van der Waals surface area contributed by atoms with Gasteiger partial charge in [0.15, 0.2) is 0 Å². The zero-order valence-electron chi connectivity index (χ0n) is 12.3. The molecule has 0 unspecified atom stereocenters. The molecule has 1 aliphatic rings. The Morgan fingerprint density at radius 2 is 2.05 bits per heavy atom. The summed E-state index contributed by atoms with van der Waals surface area (Å²) in [5, 5.41) is 13.3. The molecule has 2 atom stereocenters. The number of carboxylic acid groups (broad SMARTS) is 1. The number of carbonyl (C=O) groups excluding carboxylic acids is 1. The van der Waals surface area contributed by atoms with Crippen molar-refractivity contribution in [3.63, 3.8) is 0 Å². The SMILES string of the molecule is CN(C)S(=O)(=O)c1ccsc1C(=O)N[C@@H]1CC[C@H](C(=O)O)C1. The fourth-order valence-corrected chi connectivity index (χ4v) is 4.65. The molecule has 0 aliphatic heterocycles. The van der Waals surface area contributed by atoms with Gasteiger partial charge in [-0.1, -0.05) is 0 Å². The van der Waals surface area contributed by atoms with E-state index in [4.69, 9.17) is 5.11 Å². The standard InChI is InChI=1S/C13H18N2O5S2/c1-15(2)22(19,20)10-5-6-21-11(10)12(16)14-9-4-3-8(7-9)13(17)18/h5-6,8-9H,3-4,7H2,1-2H3,(H,14,16)(H,17,18)/t8-,9+/m0/s1. The number of nitrogens with one attached hydrogen (secondary N) is 1. The molecule has 0 spiro atoms. The summed E-state index contributed by atoms with van der Waals surface area (Å²) in [6.45, 7) is 0. The van der Waals surface area contributed by atoms with Crippen LogP contribution in [0.15, 0.2) is 16.3 Å². The second-order valence-electron chi connectivity index (χ2n) is 5.42. The third kappa shape index (κ3) is 3.31. The molecule has 9 heteroatoms. The third-order valence-corrected chi connectivity index (χ3v) is 6.61. The van der Waals surface area contributed by atoms with Crippen LogP contribution in [0.2, 0.25) is 0 Å². The number of thiophene rings is 1. The predicted molar refractivity (Wildman–Crippen MR) is 81.4 cm³/mol. The van der Waals surface area contributed by atoms with Crippen molar-refractivity contribution >= 4 is 33.2 Å². The Kier molecular flexibility index (Phi) is 4.88. The van der Waals surface area contributed by atoms with Crippen LogP contribution in [-0.2, 0) is 14.8 Å². The first kappa shape index (κ1) is 16.9. The van der Waals surface area contributed by atoms with E-state index in [0.717, 1.165) is 15.6 Å². The topological polar surface area (TPSA) is 104 Å². The van der Waals surface area contributed by atoms with Crippen LogP contribution in [0.1, 0.15) is 28.9 Å². The van der Waals surface area contributed by atoms with E-state index in [2.05, 4.69) is 5.32 Å². The molecule has 1 amide bonds. The van der Waals surface area contributed by atoms with Gasteiger partial charge in [-0.25, -0.2) is 12.7 Å². The van der Waals surface area contributed by atoms with E-state index < -0.39 is 27.8 Å². The lowest BCUT2D eigenvalue weighted by Crippen LogP contribution is -2.34. The van der Waals surface area contributed by atoms with Crippen molar-refractivity contribution in [1.82, 2.24) is 9.62 Å². The van der Waals surface area contributed by atoms with Gasteiger partial charge in [-0.3, -0.25) is 9.59 Å². The minimum atomic E-state index is -3.68. The number of nitrogens with zero attached hydrogens (tertiary/aromatic N) is 1. The highest BCUT2D eigenvalue weighted by molar-refractivity contribution is 7.89. The lowest BCUT2D eigenvalue weighted by atomic mass is 10.1. The molecular weight excluding hydrogens is 328 g/mol. The van der Waals surface area contributed by atoms with Crippen LogP contribution in [0.25, 0.3) is 0 Å². The van der Waals surface area contributed by atoms with Crippen LogP contribution in [0.4, 0.5) is 0 Å². The minimum Gasteiger partial charge on any atom is -0.481 e. The fourth-order valence-electron chi connectivity index (χ4n) is 2.45. The van der Waals surface area contributed by atoms with Crippen molar-refractivity contribution in [2.75, 3.05) is 14.1 Å². The maximum atomic E-state index is 12.3. The number of carbonyl (C=O) groups is 2. The molecule has 2 rings (SSSR count). The van der Waals surface area contributed by atoms with Gasteiger partial charge in [-0.15, -0.1) is 11.3 Å². The number of hydrogen-bond donors (Lipinski definition) is 2. The monoisotopic (exact) mass is 346 g/mol. The zero-order valence-corrected chi connectivity index (χ0v) is 13.9. The molecule has 1 aromatic heterocycles. The van der Waals surface area contributed by atoms with E-state index in [1.165, 1.54) is 20.2 Å². The van der Waals surface area contributed by atoms with Gasteiger partial charge in [-0.05, 0) is 30.7 Å². The molecule has 122 valence electrons. The normalized spacial score (nSPS) is 22.0. The first-order chi connectivity index (χ1) is 10.2. The molecule has 0 aromatic carbocycles. The number of rotatable bonds is 5. The van der Waals surface area contributed by atoms with Gasteiger partial charge in [-0.2, -0.15) is 0 Å². The quantitative estimate of drug-likeness (QED) is 0.827. The molecule has 7 nitrogen and oxygen atoms in total. The Bertz CT molecular complexity index is 680. The highest BCUT2D eigenvalue weighted by atomic mass is 32.2. The molecule has 1 aromatic rings. The Morgan fingerprint density at radius 1 is 1.36 bits per heavy atom. The number of hydrogen-bond acceptors (Lipinski definition) is 5. The molecule has 1 aliphatic carbocycles. The zero-order chi connectivity index (χ0) is 16.5. The van der Waals surface area contributed by atoms with Crippen LogP contribution in [0, 0.1) is 5.92 Å². The van der Waals surface area contributed by atoms with Gasteiger partial charge in [0.1, 0.15) is 9.77 Å². The summed E-state index contributed by atoms with van der Waals surface area (Å²) in [4.78, 5) is 23.3. The van der Waals surface area contributed by atoms with Crippen molar-refractivity contribution in [3.05, 3.63) is 16.3 Å². The largest absolute Gasteiger partial charge is 0.481 e. The number of aliphatic carboxylic acids is 1. The van der Waals surface area contributed by atoms with Crippen molar-refractivity contribution in [2.45, 2.75) is 30.2 Å². The summed E-state index contributed by atoms with van der Waals surface area (Å²) < 4.78 is 25.4. The number of carboxylic acids is 1. The van der Waals surface area contributed by atoms with Gasteiger partial charge in [0.05, 0.1) is 5.92 Å². The lowest BCUT2D eigenvalue weighted by Gasteiger charge is -2.14. The first-order valence-electron chi connectivity index (χ1n) is 6.77. The summed E-state index contributed by atoms with van der Waals surface area (Å²) >= 11 is 1.06. The molecule has 0 bridgehead atoms. The second kappa shape index (κ2) is 6.35. The third-order valence-electron chi connectivity index (χ3n) is 3.71. The van der Waals surface area contributed by atoms with Gasteiger partial charge in [0.2, 0.25) is 10.0 Å². The lowest BCUT2D eigenvalue weighted by molar-refractivity contribution is -0.141. The van der Waals surface area contributed by atoms with Crippen molar-refractivity contribution < 1.29 is 23.1 Å². The number of amides is 1. The van der Waals surface area contributed by atoms with Crippen LogP contribution < -0.4 is 5.32 Å². The smallest absolute Gasteiger partial charge is 0.306 e. The summed E-state index contributed by atoms with van der Waals surface area (Å²) in [5.74, 6) is -1.77. The summed E-state index contributed by atoms with van der Waals surface area (Å²) in [5.41, 5.74) is 0. The first-order valence-corrected chi connectivity index (χ1v) is 9.09. The van der Waals surface area contributed by atoms with Gasteiger partial charge in [0.25, 0.3) is 5.91 Å². The number of sulfonamides is 1. The van der Waals surface area contributed by atoms with E-state index in [1.54, 1.807) is 5.38 Å². The van der Waals surface area contributed by atoms with Crippen LogP contribution >= 0.6 is 11.3 Å². The van der Waals surface area contributed by atoms with E-state index in [0.29, 0.717) is 19.3 Å². The van der Waals surface area contributed by atoms with Crippen LogP contribution in [0.3, 0.4) is 0 Å². The highest BCUT2D eigenvalue weighted by Gasteiger charge is 2.32. The summed E-state index contributed by atoms with van der Waals surface area (Å²) in [6.07, 6.45) is 1.49. The second-order valence-corrected chi connectivity index (χ2v) is 8.46. The summed E-state index contributed by atoms with van der Waals surface area (Å²) in [7, 11) is -0.867. The van der Waals surface area contributed by atoms with Crippen molar-refractivity contribution in [3.8, 4) is 0 Å². The van der Waals surface area contributed by atoms with E-state index in [-0.39, 0.29) is 15.8 Å². The fraction of sp³-hybridized carbons (Fsp3) is 0.538. The minimum absolute atomic E-state index is 0.0206. The van der Waals surface area contributed by atoms with E-state index in [1.807, 2.05) is 0 Å². The molecule has 0 radical (unpaired) electrons. The Labute approximate surface area is 133 Å². The van der Waals surface area contributed by atoms with Gasteiger partial charge >= 0.3 is 5.97 Å². The molecule has 0 saturated heterocycles. The molecule has 1 saturated carbocycles. The Balaban J connectivity index is 2.13. The van der Waals surface area contributed by atoms with Gasteiger partial charge < -0.3 is 10.4 Å². The molecule has 1 fully saturated rings. The molecule has 22 heavy (non-hydrogen) atoms. The summed E-state index contributed by atoms with van der Waals surface area (Å²) in [6, 6.07) is 1.18. The maximum absolute atomic E-state index is 12.3. The highest BCUT2D eigenvalue weighted by Crippen LogP contribution is 2.28. The average molecular weight is 346 g/mol. The Morgan fingerprint density at radius 3 is 2.59 bits per heavy atom. The van der Waals surface area contributed by atoms with Crippen LogP contribution in [-0.4, -0.2) is 49.8 Å². The van der Waals surface area contributed by atoms with Crippen molar-refractivity contribution in [1.29, 1.82) is 0 Å². The predicted octanol–water partition coefficient (Wildman–Crippen LogP) is 0.982. The molecular formula is C13H18N2O5S2. The molecule has 1 heterocycles. The van der Waals surface area contributed by atoms with Crippen LogP contribution in [0.5, 0.6) is 0 Å².